The highest BCUT2D eigenvalue weighted by Gasteiger charge is 2.18. The van der Waals surface area contributed by atoms with Gasteiger partial charge in [-0.1, -0.05) is 39.0 Å². The van der Waals surface area contributed by atoms with E-state index in [2.05, 4.69) is 6.92 Å². The average molecular weight is 272 g/mol. The topological polar surface area (TPSA) is 17.1 Å². The van der Waals surface area contributed by atoms with Crippen LogP contribution in [0.1, 0.15) is 62.2 Å². The number of carbonyl (C=O) groups is 1. The lowest BCUT2D eigenvalue weighted by Gasteiger charge is -2.05. The number of carbonyl (C=O) groups excluding carboxylic acids is 1. The largest absolute Gasteiger partial charge is 0.294 e. The van der Waals surface area contributed by atoms with E-state index in [-0.39, 0.29) is 6.42 Å². The average Bonchev–Trinajstić information content (AvgIpc) is 2.32. The molecule has 0 unspecified atom stereocenters. The van der Waals surface area contributed by atoms with Crippen LogP contribution in [0.25, 0.3) is 0 Å². The van der Waals surface area contributed by atoms with Crippen LogP contribution in [0.4, 0.5) is 13.2 Å². The van der Waals surface area contributed by atoms with E-state index in [0.717, 1.165) is 32.1 Å². The predicted molar refractivity (Wildman–Crippen MR) is 68.6 cm³/mol. The van der Waals surface area contributed by atoms with Crippen molar-refractivity contribution in [3.05, 3.63) is 35.1 Å². The third kappa shape index (κ3) is 5.05. The lowest BCUT2D eigenvalue weighted by atomic mass is 10.0. The van der Waals surface area contributed by atoms with Crippen LogP contribution in [0.2, 0.25) is 0 Å². The second kappa shape index (κ2) is 7.97. The fraction of sp³-hybridized carbons (Fsp3) is 0.533. The van der Waals surface area contributed by atoms with Gasteiger partial charge in [-0.3, -0.25) is 4.79 Å². The van der Waals surface area contributed by atoms with Crippen LogP contribution >= 0.6 is 0 Å². The highest BCUT2D eigenvalue weighted by molar-refractivity contribution is 5.96. The maximum atomic E-state index is 13.3. The van der Waals surface area contributed by atoms with E-state index in [0.29, 0.717) is 18.6 Å². The zero-order valence-electron chi connectivity index (χ0n) is 11.1. The van der Waals surface area contributed by atoms with Gasteiger partial charge in [-0.25, -0.2) is 13.2 Å². The molecule has 106 valence electrons. The first-order valence-corrected chi connectivity index (χ1v) is 6.74. The van der Waals surface area contributed by atoms with Crippen molar-refractivity contribution in [3.8, 4) is 0 Å². The first-order chi connectivity index (χ1) is 9.06. The van der Waals surface area contributed by atoms with Crippen LogP contribution in [0.3, 0.4) is 0 Å². The number of hydrogen-bond acceptors (Lipinski definition) is 1. The molecule has 19 heavy (non-hydrogen) atoms. The molecule has 0 fully saturated rings. The fourth-order valence-electron chi connectivity index (χ4n) is 2.00. The maximum absolute atomic E-state index is 13.3. The SMILES string of the molecule is CCCCCCCCC(=O)c1c(F)cc(F)cc1F. The Hall–Kier alpha value is -1.32. The van der Waals surface area contributed by atoms with E-state index in [4.69, 9.17) is 0 Å². The maximum Gasteiger partial charge on any atom is 0.168 e. The Morgan fingerprint density at radius 3 is 2.05 bits per heavy atom. The van der Waals surface area contributed by atoms with Crippen LogP contribution < -0.4 is 0 Å². The Balaban J connectivity index is 2.46. The molecule has 0 aromatic heterocycles. The van der Waals surface area contributed by atoms with Crippen LogP contribution in [0, 0.1) is 17.5 Å². The van der Waals surface area contributed by atoms with Crippen molar-refractivity contribution in [1.82, 2.24) is 0 Å². The van der Waals surface area contributed by atoms with Crippen LogP contribution in [0.15, 0.2) is 12.1 Å². The molecule has 1 aromatic carbocycles. The number of rotatable bonds is 8. The van der Waals surface area contributed by atoms with Crippen molar-refractivity contribution in [2.75, 3.05) is 0 Å². The van der Waals surface area contributed by atoms with E-state index >= 15 is 0 Å². The van der Waals surface area contributed by atoms with Crippen LogP contribution in [0.5, 0.6) is 0 Å². The monoisotopic (exact) mass is 272 g/mol. The van der Waals surface area contributed by atoms with Gasteiger partial charge < -0.3 is 0 Å². The Bertz CT molecular complexity index is 406. The zero-order chi connectivity index (χ0) is 14.3. The highest BCUT2D eigenvalue weighted by Crippen LogP contribution is 2.18. The van der Waals surface area contributed by atoms with Crippen LogP contribution in [-0.2, 0) is 0 Å². The van der Waals surface area contributed by atoms with E-state index in [1.165, 1.54) is 0 Å². The summed E-state index contributed by atoms with van der Waals surface area (Å²) in [6, 6.07) is 1.08. The Kier molecular flexibility index (Phi) is 6.60. The molecule has 0 atom stereocenters. The predicted octanol–water partition coefficient (Wildman–Crippen LogP) is 5.04. The molecule has 0 bridgehead atoms. The van der Waals surface area contributed by atoms with Crippen molar-refractivity contribution in [2.24, 2.45) is 0 Å². The number of unbranched alkanes of at least 4 members (excludes halogenated alkanes) is 5. The number of halogens is 3. The van der Waals surface area contributed by atoms with Gasteiger partial charge in [0.1, 0.15) is 17.5 Å². The second-order valence-corrected chi connectivity index (χ2v) is 4.69. The summed E-state index contributed by atoms with van der Waals surface area (Å²) in [7, 11) is 0. The van der Waals surface area contributed by atoms with Crippen molar-refractivity contribution < 1.29 is 18.0 Å². The third-order valence-electron chi connectivity index (χ3n) is 3.04. The summed E-state index contributed by atoms with van der Waals surface area (Å²) in [5.74, 6) is -3.83. The minimum Gasteiger partial charge on any atom is -0.294 e. The molecule has 0 aliphatic heterocycles. The summed E-state index contributed by atoms with van der Waals surface area (Å²) in [5, 5.41) is 0. The number of ketones is 1. The molecule has 0 N–H and O–H groups in total. The Morgan fingerprint density at radius 2 is 1.47 bits per heavy atom. The normalized spacial score (nSPS) is 10.7. The van der Waals surface area contributed by atoms with E-state index in [9.17, 15) is 18.0 Å². The standard InChI is InChI=1S/C15H19F3O/c1-2-3-4-5-6-7-8-14(19)15-12(17)9-11(16)10-13(15)18/h9-10H,2-8H2,1H3. The summed E-state index contributed by atoms with van der Waals surface area (Å²) < 4.78 is 39.4. The summed E-state index contributed by atoms with van der Waals surface area (Å²) >= 11 is 0. The molecule has 0 aliphatic rings. The van der Waals surface area contributed by atoms with Gasteiger partial charge in [0.25, 0.3) is 0 Å². The molecule has 1 rings (SSSR count). The zero-order valence-corrected chi connectivity index (χ0v) is 11.1. The smallest absolute Gasteiger partial charge is 0.168 e. The quantitative estimate of drug-likeness (QED) is 0.478. The van der Waals surface area contributed by atoms with Crippen molar-refractivity contribution in [2.45, 2.75) is 51.9 Å². The molecule has 0 aliphatic carbocycles. The summed E-state index contributed by atoms with van der Waals surface area (Å²) in [6.45, 7) is 2.11. The number of benzene rings is 1. The molecule has 0 amide bonds. The van der Waals surface area contributed by atoms with E-state index in [1.807, 2.05) is 0 Å². The second-order valence-electron chi connectivity index (χ2n) is 4.69. The van der Waals surface area contributed by atoms with Crippen molar-refractivity contribution >= 4 is 5.78 Å². The lowest BCUT2D eigenvalue weighted by Crippen LogP contribution is -2.06. The number of hydrogen-bond donors (Lipinski definition) is 0. The first-order valence-electron chi connectivity index (χ1n) is 6.74. The molecule has 0 heterocycles. The lowest BCUT2D eigenvalue weighted by molar-refractivity contribution is 0.0970. The van der Waals surface area contributed by atoms with Gasteiger partial charge in [-0.2, -0.15) is 0 Å². The molecular weight excluding hydrogens is 253 g/mol. The minimum atomic E-state index is -1.12. The third-order valence-corrected chi connectivity index (χ3v) is 3.04. The Labute approximate surface area is 111 Å². The van der Waals surface area contributed by atoms with Gasteiger partial charge in [-0.15, -0.1) is 0 Å². The Morgan fingerprint density at radius 1 is 0.947 bits per heavy atom. The van der Waals surface area contributed by atoms with Crippen molar-refractivity contribution in [1.29, 1.82) is 0 Å². The molecule has 1 nitrogen and oxygen atoms in total. The number of Topliss-reactive ketones (excluding diaryl/α,β-unsaturated/α-hetero) is 1. The molecule has 0 saturated carbocycles. The molecular formula is C15H19F3O. The molecule has 1 aromatic rings. The van der Waals surface area contributed by atoms with Gasteiger partial charge in [0.2, 0.25) is 0 Å². The summed E-state index contributed by atoms with van der Waals surface area (Å²) in [4.78, 5) is 11.7. The molecule has 0 spiro atoms. The van der Waals surface area contributed by atoms with E-state index in [1.54, 1.807) is 0 Å². The van der Waals surface area contributed by atoms with E-state index < -0.39 is 28.8 Å². The van der Waals surface area contributed by atoms with Gasteiger partial charge in [-0.05, 0) is 6.42 Å². The highest BCUT2D eigenvalue weighted by atomic mass is 19.1. The van der Waals surface area contributed by atoms with Gasteiger partial charge in [0, 0.05) is 18.6 Å². The van der Waals surface area contributed by atoms with Gasteiger partial charge in [0.15, 0.2) is 5.78 Å². The summed E-state index contributed by atoms with van der Waals surface area (Å²) in [5.41, 5.74) is -0.616. The first kappa shape index (κ1) is 15.7. The van der Waals surface area contributed by atoms with Gasteiger partial charge in [0.05, 0.1) is 5.56 Å². The molecule has 0 radical (unpaired) electrons. The van der Waals surface area contributed by atoms with Crippen LogP contribution in [-0.4, -0.2) is 5.78 Å². The van der Waals surface area contributed by atoms with Crippen molar-refractivity contribution in [3.63, 3.8) is 0 Å². The summed E-state index contributed by atoms with van der Waals surface area (Å²) in [6.07, 6.45) is 6.03. The fourth-order valence-corrected chi connectivity index (χ4v) is 2.00. The van der Waals surface area contributed by atoms with Gasteiger partial charge >= 0.3 is 0 Å². The molecule has 0 saturated heterocycles. The minimum absolute atomic E-state index is 0.103. The molecule has 4 heteroatoms.